The highest BCUT2D eigenvalue weighted by atomic mass is 32.2. The molecule has 1 fully saturated rings. The van der Waals surface area contributed by atoms with Crippen LogP contribution < -0.4 is 9.86 Å². The number of nitrogens with zero attached hydrogens (tertiary/aromatic N) is 5. The molecule has 11 heteroatoms. The summed E-state index contributed by atoms with van der Waals surface area (Å²) in [4.78, 5) is 25.3. The van der Waals surface area contributed by atoms with Gasteiger partial charge in [0.1, 0.15) is 0 Å². The van der Waals surface area contributed by atoms with Crippen LogP contribution in [0.4, 0.5) is 5.69 Å². The molecule has 0 aliphatic carbocycles. The Balaban J connectivity index is 1.41. The number of benzene rings is 2. The normalized spacial score (nSPS) is 15.4. The molecule has 0 bridgehead atoms. The van der Waals surface area contributed by atoms with Gasteiger partial charge in [-0.25, -0.2) is 13.2 Å². The van der Waals surface area contributed by atoms with Gasteiger partial charge in [-0.2, -0.15) is 0 Å². The minimum Gasteiger partial charge on any atom is -0.454 e. The number of hydrogen-bond donors (Lipinski definition) is 0. The van der Waals surface area contributed by atoms with Crippen molar-refractivity contribution in [3.63, 3.8) is 0 Å². The summed E-state index contributed by atoms with van der Waals surface area (Å²) in [6.45, 7) is 2.19. The van der Waals surface area contributed by atoms with Crippen LogP contribution in [-0.4, -0.2) is 45.8 Å². The molecule has 0 spiro atoms. The minimum absolute atomic E-state index is 0.128. The molecule has 170 valence electrons. The lowest BCUT2D eigenvalue weighted by molar-refractivity contribution is 0.0461. The van der Waals surface area contributed by atoms with Gasteiger partial charge in [0.25, 0.3) is 5.56 Å². The van der Waals surface area contributed by atoms with Crippen LogP contribution >= 0.6 is 0 Å². The first kappa shape index (κ1) is 21.1. The van der Waals surface area contributed by atoms with Gasteiger partial charge in [0.15, 0.2) is 12.4 Å². The molecule has 2 aromatic carbocycles. The van der Waals surface area contributed by atoms with Crippen molar-refractivity contribution in [2.24, 2.45) is 7.05 Å². The lowest BCUT2D eigenvalue weighted by atomic mass is 10.1. The zero-order valence-corrected chi connectivity index (χ0v) is 18.9. The van der Waals surface area contributed by atoms with E-state index in [9.17, 15) is 18.0 Å². The van der Waals surface area contributed by atoms with Gasteiger partial charge in [-0.05, 0) is 49.7 Å². The van der Waals surface area contributed by atoms with Gasteiger partial charge in [0.2, 0.25) is 15.8 Å². The monoisotopic (exact) mass is 467 g/mol. The van der Waals surface area contributed by atoms with Crippen LogP contribution in [0, 0.1) is 6.92 Å². The largest absolute Gasteiger partial charge is 0.454 e. The van der Waals surface area contributed by atoms with Crippen LogP contribution in [0.5, 0.6) is 0 Å². The Morgan fingerprint density at radius 2 is 1.88 bits per heavy atom. The van der Waals surface area contributed by atoms with Gasteiger partial charge in [-0.15, -0.1) is 10.2 Å². The fourth-order valence-electron chi connectivity index (χ4n) is 4.06. The Kier molecular flexibility index (Phi) is 4.93. The molecule has 3 heterocycles. The molecule has 0 amide bonds. The summed E-state index contributed by atoms with van der Waals surface area (Å²) in [7, 11) is -1.67. The highest BCUT2D eigenvalue weighted by Crippen LogP contribution is 2.24. The third-order valence-corrected chi connectivity index (χ3v) is 7.63. The van der Waals surface area contributed by atoms with Crippen LogP contribution in [-0.2, 0) is 28.4 Å². The summed E-state index contributed by atoms with van der Waals surface area (Å²) in [5.74, 6) is 0.275. The number of sulfonamides is 1. The van der Waals surface area contributed by atoms with E-state index in [0.717, 1.165) is 5.56 Å². The van der Waals surface area contributed by atoms with Crippen molar-refractivity contribution in [2.45, 2.75) is 20.0 Å². The average molecular weight is 468 g/mol. The minimum atomic E-state index is -3.29. The molecular weight excluding hydrogens is 446 g/mol. The molecule has 1 saturated heterocycles. The number of carbonyl (C=O) groups is 1. The lowest BCUT2D eigenvalue weighted by Gasteiger charge is -2.16. The Bertz CT molecular complexity index is 1570. The van der Waals surface area contributed by atoms with Crippen LogP contribution in [0.1, 0.15) is 28.2 Å². The third kappa shape index (κ3) is 3.54. The maximum Gasteiger partial charge on any atom is 0.338 e. The van der Waals surface area contributed by atoms with Crippen molar-refractivity contribution in [1.82, 2.24) is 19.2 Å². The van der Waals surface area contributed by atoms with Crippen LogP contribution in [0.2, 0.25) is 0 Å². The van der Waals surface area contributed by atoms with Gasteiger partial charge in [0, 0.05) is 13.6 Å². The van der Waals surface area contributed by atoms with Crippen molar-refractivity contribution in [2.75, 3.05) is 16.6 Å². The molecule has 0 N–H and O–H groups in total. The molecule has 0 radical (unpaired) electrons. The molecule has 33 heavy (non-hydrogen) atoms. The van der Waals surface area contributed by atoms with Gasteiger partial charge >= 0.3 is 5.97 Å². The molecule has 0 saturated carbocycles. The topological polar surface area (TPSA) is 116 Å². The number of carbonyl (C=O) groups excluding carboxylic acids is 1. The smallest absolute Gasteiger partial charge is 0.338 e. The number of ether oxygens (including phenoxy) is 1. The van der Waals surface area contributed by atoms with Crippen molar-refractivity contribution in [3.8, 4) is 0 Å². The Morgan fingerprint density at radius 1 is 1.12 bits per heavy atom. The van der Waals surface area contributed by atoms with Crippen LogP contribution in [0.25, 0.3) is 16.7 Å². The highest BCUT2D eigenvalue weighted by molar-refractivity contribution is 7.93. The van der Waals surface area contributed by atoms with Gasteiger partial charge in [0.05, 0.1) is 27.9 Å². The van der Waals surface area contributed by atoms with Crippen LogP contribution in [0.15, 0.2) is 47.3 Å². The molecule has 2 aromatic heterocycles. The lowest BCUT2D eigenvalue weighted by Crippen LogP contribution is -2.25. The summed E-state index contributed by atoms with van der Waals surface area (Å²) >= 11 is 0. The predicted molar refractivity (Wildman–Crippen MR) is 122 cm³/mol. The fraction of sp³-hybridized carbons (Fsp3) is 0.273. The zero-order chi connectivity index (χ0) is 23.3. The van der Waals surface area contributed by atoms with Crippen molar-refractivity contribution < 1.29 is 17.9 Å². The number of aryl methyl sites for hydroxylation is 2. The Morgan fingerprint density at radius 3 is 2.58 bits per heavy atom. The fourth-order valence-corrected chi connectivity index (χ4v) is 5.62. The molecule has 1 aliphatic rings. The quantitative estimate of drug-likeness (QED) is 0.420. The highest BCUT2D eigenvalue weighted by Gasteiger charge is 2.28. The van der Waals surface area contributed by atoms with E-state index in [1.807, 2.05) is 19.1 Å². The van der Waals surface area contributed by atoms with Gasteiger partial charge in [-0.1, -0.05) is 11.6 Å². The number of aromatic nitrogens is 4. The number of esters is 1. The second kappa shape index (κ2) is 7.69. The zero-order valence-electron chi connectivity index (χ0n) is 18.1. The second-order valence-electron chi connectivity index (χ2n) is 8.00. The molecule has 1 aliphatic heterocycles. The molecular formula is C22H21N5O5S. The van der Waals surface area contributed by atoms with E-state index in [0.29, 0.717) is 41.2 Å². The maximum absolute atomic E-state index is 12.7. The van der Waals surface area contributed by atoms with Crippen molar-refractivity contribution in [3.05, 3.63) is 69.8 Å². The van der Waals surface area contributed by atoms with E-state index in [1.165, 1.54) is 21.0 Å². The molecule has 4 aromatic rings. The summed E-state index contributed by atoms with van der Waals surface area (Å²) < 4.78 is 34.1. The SMILES string of the molecule is Cc1ccc2c(c1)c(=O)n(C)c1nnc(COC(=O)c3ccc(N4CCCS4(=O)=O)cc3)n21. The molecule has 5 rings (SSSR count). The van der Waals surface area contributed by atoms with Crippen LogP contribution in [0.3, 0.4) is 0 Å². The second-order valence-corrected chi connectivity index (χ2v) is 10.0. The van der Waals surface area contributed by atoms with E-state index in [-0.39, 0.29) is 23.5 Å². The standard InChI is InChI=1S/C22H21N5O5S/c1-14-4-9-18-17(12-14)20(28)25(2)22-24-23-19(27(18)22)13-32-21(29)15-5-7-16(8-6-15)26-10-3-11-33(26,30)31/h4-9,12H,3,10-11,13H2,1-2H3. The van der Waals surface area contributed by atoms with Crippen molar-refractivity contribution in [1.29, 1.82) is 0 Å². The molecule has 10 nitrogen and oxygen atoms in total. The third-order valence-electron chi connectivity index (χ3n) is 5.76. The number of fused-ring (bicyclic) bond motifs is 3. The summed E-state index contributed by atoms with van der Waals surface area (Å²) in [5.41, 5.74) is 2.21. The number of anilines is 1. The predicted octanol–water partition coefficient (Wildman–Crippen LogP) is 1.79. The summed E-state index contributed by atoms with van der Waals surface area (Å²) in [5, 5.41) is 8.73. The first-order valence-electron chi connectivity index (χ1n) is 10.4. The van der Waals surface area contributed by atoms with Gasteiger partial charge < -0.3 is 4.74 Å². The Labute approximate surface area is 189 Å². The Hall–Kier alpha value is -3.73. The molecule has 0 atom stereocenters. The maximum atomic E-state index is 12.7. The molecule has 0 unspecified atom stereocenters. The first-order chi connectivity index (χ1) is 15.8. The first-order valence-corrected chi connectivity index (χ1v) is 12.0. The van der Waals surface area contributed by atoms with E-state index in [4.69, 9.17) is 4.74 Å². The van der Waals surface area contributed by atoms with E-state index < -0.39 is 16.0 Å². The van der Waals surface area contributed by atoms with E-state index >= 15 is 0 Å². The van der Waals surface area contributed by atoms with Crippen molar-refractivity contribution >= 4 is 38.4 Å². The summed E-state index contributed by atoms with van der Waals surface area (Å²) in [6, 6.07) is 11.8. The average Bonchev–Trinajstić information content (AvgIpc) is 3.38. The van der Waals surface area contributed by atoms with E-state index in [2.05, 4.69) is 10.2 Å². The number of rotatable bonds is 4. The van der Waals surface area contributed by atoms with E-state index in [1.54, 1.807) is 29.6 Å². The van der Waals surface area contributed by atoms with Gasteiger partial charge in [-0.3, -0.25) is 18.1 Å². The number of hydrogen-bond acceptors (Lipinski definition) is 7. The summed E-state index contributed by atoms with van der Waals surface area (Å²) in [6.07, 6.45) is 0.582.